The van der Waals surface area contributed by atoms with E-state index in [1.54, 1.807) is 33.5 Å². The first-order valence-electron chi connectivity index (χ1n) is 16.3. The SMILES string of the molecule is CC1(C)C[Si]CCN1S(=O)(=O)Cc1cccc(NC(=O)C2CN(C(=O)CNc3cccc4c3CN(C3CCC(=O)NC3=O)COC4)C2)c1. The van der Waals surface area contributed by atoms with E-state index in [0.717, 1.165) is 38.4 Å². The van der Waals surface area contributed by atoms with Crippen molar-refractivity contribution < 1.29 is 32.3 Å². The van der Waals surface area contributed by atoms with E-state index in [4.69, 9.17) is 4.74 Å². The van der Waals surface area contributed by atoms with Gasteiger partial charge in [0, 0.05) is 59.0 Å². The molecule has 0 saturated carbocycles. The van der Waals surface area contributed by atoms with E-state index in [0.29, 0.717) is 37.4 Å². The number of nitrogens with one attached hydrogen (secondary N) is 3. The highest BCUT2D eigenvalue weighted by Gasteiger charge is 2.39. The second-order valence-corrected chi connectivity index (χ2v) is 16.7. The minimum absolute atomic E-state index is 0.0366. The third-order valence-electron chi connectivity index (χ3n) is 9.44. The van der Waals surface area contributed by atoms with Crippen LogP contribution in [0.4, 0.5) is 11.4 Å². The molecular formula is C33H42N6O7SSi. The standard InChI is InChI=1S/C33H42N6O7SSi/c1-33(2)20-48-12-11-39(33)47(44,45)19-22-5-3-7-25(13-22)35-31(42)24-15-37(16-24)30(41)14-34-27-8-4-6-23-18-46-21-38(17-26(23)27)28-9-10-29(40)36-32(28)43/h3-8,13,24,28,34H,9-12,14-21H2,1-2H3,(H,35,42)(H,36,40,43). The van der Waals surface area contributed by atoms with Crippen LogP contribution in [0.15, 0.2) is 42.5 Å². The third-order valence-corrected chi connectivity index (χ3v) is 13.2. The molecule has 2 aromatic carbocycles. The van der Waals surface area contributed by atoms with Gasteiger partial charge in [-0.15, -0.1) is 0 Å². The van der Waals surface area contributed by atoms with Crippen molar-refractivity contribution in [1.82, 2.24) is 19.4 Å². The van der Waals surface area contributed by atoms with Gasteiger partial charge in [0.2, 0.25) is 33.7 Å². The largest absolute Gasteiger partial charge is 0.376 e. The normalized spacial score (nSPS) is 22.2. The number of anilines is 2. The highest BCUT2D eigenvalue weighted by Crippen LogP contribution is 2.31. The molecule has 3 fully saturated rings. The van der Waals surface area contributed by atoms with Gasteiger partial charge in [0.25, 0.3) is 0 Å². The Morgan fingerprint density at radius 1 is 1.12 bits per heavy atom. The number of nitrogens with zero attached hydrogens (tertiary/aromatic N) is 3. The minimum atomic E-state index is -3.52. The lowest BCUT2D eigenvalue weighted by atomic mass is 9.98. The van der Waals surface area contributed by atoms with Crippen molar-refractivity contribution in [3.8, 4) is 0 Å². The van der Waals surface area contributed by atoms with Crippen LogP contribution in [0.2, 0.25) is 12.1 Å². The van der Waals surface area contributed by atoms with Crippen molar-refractivity contribution in [2.75, 3.05) is 43.5 Å². The number of carbonyl (C=O) groups is 4. The average molecular weight is 695 g/mol. The molecular weight excluding hydrogens is 653 g/mol. The van der Waals surface area contributed by atoms with E-state index < -0.39 is 21.6 Å². The number of hydrogen-bond donors (Lipinski definition) is 3. The Morgan fingerprint density at radius 2 is 1.92 bits per heavy atom. The summed E-state index contributed by atoms with van der Waals surface area (Å²) in [6.45, 7) is 6.12. The van der Waals surface area contributed by atoms with Crippen LogP contribution in [0.3, 0.4) is 0 Å². The lowest BCUT2D eigenvalue weighted by Gasteiger charge is -2.41. The molecule has 1 atom stereocenters. The van der Waals surface area contributed by atoms with Crippen LogP contribution in [-0.2, 0) is 52.8 Å². The molecule has 3 saturated heterocycles. The van der Waals surface area contributed by atoms with Crippen LogP contribution < -0.4 is 16.0 Å². The Morgan fingerprint density at radius 3 is 2.69 bits per heavy atom. The summed E-state index contributed by atoms with van der Waals surface area (Å²) in [6.07, 6.45) is 0.698. The Labute approximate surface area is 283 Å². The summed E-state index contributed by atoms with van der Waals surface area (Å²) >= 11 is 0. The zero-order chi connectivity index (χ0) is 34.1. The van der Waals surface area contributed by atoms with Crippen LogP contribution >= 0.6 is 0 Å². The maximum Gasteiger partial charge on any atom is 0.243 e. The quantitative estimate of drug-likeness (QED) is 0.263. The van der Waals surface area contributed by atoms with Crippen LogP contribution in [0.25, 0.3) is 0 Å². The molecule has 3 N–H and O–H groups in total. The first-order chi connectivity index (χ1) is 22.9. The number of benzene rings is 2. The van der Waals surface area contributed by atoms with Gasteiger partial charge in [0.05, 0.1) is 30.9 Å². The monoisotopic (exact) mass is 694 g/mol. The summed E-state index contributed by atoms with van der Waals surface area (Å²) in [5, 5.41) is 8.55. The Kier molecular flexibility index (Phi) is 10.0. The fraction of sp³-hybridized carbons (Fsp3) is 0.515. The number of amides is 4. The van der Waals surface area contributed by atoms with Gasteiger partial charge in [-0.05, 0) is 67.2 Å². The van der Waals surface area contributed by atoms with Gasteiger partial charge in [-0.2, -0.15) is 4.31 Å². The smallest absolute Gasteiger partial charge is 0.243 e. The maximum absolute atomic E-state index is 13.3. The maximum atomic E-state index is 13.3. The van der Waals surface area contributed by atoms with Gasteiger partial charge < -0.3 is 20.3 Å². The molecule has 2 aromatic rings. The number of likely N-dealkylation sites (tertiary alicyclic amines) is 1. The molecule has 4 aliphatic heterocycles. The molecule has 4 heterocycles. The number of piperidine rings is 1. The lowest BCUT2D eigenvalue weighted by molar-refractivity contribution is -0.141. The van der Waals surface area contributed by atoms with Crippen LogP contribution in [-0.4, -0.2) is 100 Å². The second kappa shape index (κ2) is 14.1. The first kappa shape index (κ1) is 34.2. The van der Waals surface area contributed by atoms with Crippen molar-refractivity contribution in [2.24, 2.45) is 5.92 Å². The van der Waals surface area contributed by atoms with Crippen molar-refractivity contribution in [2.45, 2.75) is 69.3 Å². The molecule has 256 valence electrons. The summed E-state index contributed by atoms with van der Waals surface area (Å²) < 4.78 is 34.0. The van der Waals surface area contributed by atoms with Crippen molar-refractivity contribution in [3.63, 3.8) is 0 Å². The van der Waals surface area contributed by atoms with E-state index >= 15 is 0 Å². The zero-order valence-corrected chi connectivity index (χ0v) is 29.1. The van der Waals surface area contributed by atoms with Gasteiger partial charge in [-0.3, -0.25) is 29.4 Å². The molecule has 13 nitrogen and oxygen atoms in total. The van der Waals surface area contributed by atoms with E-state index in [-0.39, 0.29) is 68.1 Å². The third kappa shape index (κ3) is 7.65. The molecule has 6 rings (SSSR count). The molecule has 0 aromatic heterocycles. The van der Waals surface area contributed by atoms with E-state index in [1.807, 2.05) is 36.9 Å². The summed E-state index contributed by atoms with van der Waals surface area (Å²) in [7, 11) is -2.76. The first-order valence-corrected chi connectivity index (χ1v) is 19.3. The molecule has 0 spiro atoms. The average Bonchev–Trinajstić information content (AvgIpc) is 3.22. The number of rotatable bonds is 9. The van der Waals surface area contributed by atoms with Gasteiger partial charge in [-0.25, -0.2) is 8.42 Å². The Bertz CT molecular complexity index is 1700. The molecule has 0 aliphatic carbocycles. The molecule has 15 heteroatoms. The molecule has 2 radical (unpaired) electrons. The molecule has 4 aliphatic rings. The second-order valence-electron chi connectivity index (χ2n) is 13.5. The van der Waals surface area contributed by atoms with Crippen molar-refractivity contribution >= 4 is 54.5 Å². The summed E-state index contributed by atoms with van der Waals surface area (Å²) in [4.78, 5) is 53.8. The number of hydrogen-bond acceptors (Lipinski definition) is 9. The molecule has 48 heavy (non-hydrogen) atoms. The topological polar surface area (TPSA) is 157 Å². The number of carbonyl (C=O) groups excluding carboxylic acids is 4. The fourth-order valence-corrected chi connectivity index (χ4v) is 10.3. The predicted octanol–water partition coefficient (Wildman–Crippen LogP) is 1.76. The van der Waals surface area contributed by atoms with E-state index in [1.165, 1.54) is 0 Å². The van der Waals surface area contributed by atoms with Crippen LogP contribution in [0, 0.1) is 5.92 Å². The highest BCUT2D eigenvalue weighted by atomic mass is 32.2. The fourth-order valence-electron chi connectivity index (χ4n) is 6.76. The number of fused-ring (bicyclic) bond motifs is 1. The minimum Gasteiger partial charge on any atom is -0.376 e. The summed E-state index contributed by atoms with van der Waals surface area (Å²) in [6, 6.07) is 13.9. The van der Waals surface area contributed by atoms with Crippen LogP contribution in [0.5, 0.6) is 0 Å². The van der Waals surface area contributed by atoms with Crippen molar-refractivity contribution in [1.29, 1.82) is 0 Å². The van der Waals surface area contributed by atoms with Gasteiger partial charge in [0.1, 0.15) is 6.73 Å². The van der Waals surface area contributed by atoms with Gasteiger partial charge >= 0.3 is 0 Å². The molecule has 1 unspecified atom stereocenters. The molecule has 0 bridgehead atoms. The van der Waals surface area contributed by atoms with E-state index in [2.05, 4.69) is 16.0 Å². The zero-order valence-electron chi connectivity index (χ0n) is 27.3. The number of sulfonamides is 1. The number of imide groups is 1. The molecule has 4 amide bonds. The Hall–Kier alpha value is -3.63. The highest BCUT2D eigenvalue weighted by molar-refractivity contribution is 7.88. The van der Waals surface area contributed by atoms with Crippen molar-refractivity contribution in [3.05, 3.63) is 59.2 Å². The lowest BCUT2D eigenvalue weighted by Crippen LogP contribution is -2.55. The summed E-state index contributed by atoms with van der Waals surface area (Å²) in [5.41, 5.74) is 3.39. The predicted molar refractivity (Wildman–Crippen MR) is 180 cm³/mol. The van der Waals surface area contributed by atoms with Gasteiger partial charge in [-0.1, -0.05) is 24.3 Å². The number of ether oxygens (including phenoxy) is 1. The van der Waals surface area contributed by atoms with Crippen LogP contribution in [0.1, 0.15) is 43.4 Å². The van der Waals surface area contributed by atoms with Gasteiger partial charge in [0.15, 0.2) is 0 Å². The summed E-state index contributed by atoms with van der Waals surface area (Å²) in [5.74, 6) is -1.45. The Balaban J connectivity index is 1.00. The van der Waals surface area contributed by atoms with E-state index in [9.17, 15) is 27.6 Å².